The van der Waals surface area contributed by atoms with E-state index in [-0.39, 0.29) is 5.41 Å². The van der Waals surface area contributed by atoms with E-state index < -0.39 is 0 Å². The van der Waals surface area contributed by atoms with Crippen LogP contribution in [-0.2, 0) is 5.41 Å². The molecule has 0 N–H and O–H groups in total. The maximum Gasteiger partial charge on any atom is 0.0240 e. The summed E-state index contributed by atoms with van der Waals surface area (Å²) in [4.78, 5) is 0. The fourth-order valence-electron chi connectivity index (χ4n) is 3.12. The lowest BCUT2D eigenvalue weighted by molar-refractivity contribution is 0.441. The molecule has 0 spiro atoms. The minimum Gasteiger partial charge on any atom is -0.0799 e. The summed E-state index contributed by atoms with van der Waals surface area (Å²) >= 11 is 0. The lowest BCUT2D eigenvalue weighted by atomic mass is 9.64. The van der Waals surface area contributed by atoms with Crippen LogP contribution in [0.5, 0.6) is 0 Å². The Bertz CT molecular complexity index is 619. The molecular weight excluding hydrogens is 228 g/mol. The zero-order valence-electron chi connectivity index (χ0n) is 11.9. The molecule has 1 aliphatic rings. The SMILES string of the molecule is Cc1ccc(C2(C)c3ccccc3C=CC2C)cc1. The van der Waals surface area contributed by atoms with Gasteiger partial charge < -0.3 is 0 Å². The van der Waals surface area contributed by atoms with Gasteiger partial charge in [0.05, 0.1) is 0 Å². The van der Waals surface area contributed by atoms with Gasteiger partial charge in [0.15, 0.2) is 0 Å². The van der Waals surface area contributed by atoms with Crippen LogP contribution in [0.4, 0.5) is 0 Å². The molecule has 0 radical (unpaired) electrons. The highest BCUT2D eigenvalue weighted by Crippen LogP contribution is 2.44. The molecule has 96 valence electrons. The first kappa shape index (κ1) is 12.2. The molecule has 19 heavy (non-hydrogen) atoms. The standard InChI is InChI=1S/C19H20/c1-14-8-12-17(13-9-14)19(3)15(2)10-11-16-6-4-5-7-18(16)19/h4-13,15H,1-3H3. The number of benzene rings is 2. The van der Waals surface area contributed by atoms with Gasteiger partial charge in [0, 0.05) is 5.41 Å². The molecule has 2 unspecified atom stereocenters. The van der Waals surface area contributed by atoms with Gasteiger partial charge in [-0.05, 0) is 29.5 Å². The van der Waals surface area contributed by atoms with E-state index in [2.05, 4.69) is 81.5 Å². The predicted molar refractivity (Wildman–Crippen MR) is 82.3 cm³/mol. The molecule has 0 saturated carbocycles. The Balaban J connectivity index is 2.21. The van der Waals surface area contributed by atoms with Crippen molar-refractivity contribution in [1.82, 2.24) is 0 Å². The second-order valence-corrected chi connectivity index (χ2v) is 5.80. The van der Waals surface area contributed by atoms with Crippen LogP contribution in [0.3, 0.4) is 0 Å². The van der Waals surface area contributed by atoms with Crippen LogP contribution in [0, 0.1) is 12.8 Å². The number of hydrogen-bond donors (Lipinski definition) is 0. The molecule has 0 heterocycles. The molecule has 0 bridgehead atoms. The number of hydrogen-bond acceptors (Lipinski definition) is 0. The molecule has 1 aliphatic carbocycles. The monoisotopic (exact) mass is 248 g/mol. The Morgan fingerprint density at radius 2 is 1.63 bits per heavy atom. The number of fused-ring (bicyclic) bond motifs is 1. The van der Waals surface area contributed by atoms with Gasteiger partial charge in [0.2, 0.25) is 0 Å². The lowest BCUT2D eigenvalue weighted by Gasteiger charge is -2.39. The van der Waals surface area contributed by atoms with Crippen molar-refractivity contribution in [1.29, 1.82) is 0 Å². The first-order valence-corrected chi connectivity index (χ1v) is 6.97. The van der Waals surface area contributed by atoms with E-state index in [1.807, 2.05) is 0 Å². The largest absolute Gasteiger partial charge is 0.0799 e. The second kappa shape index (κ2) is 4.38. The third kappa shape index (κ3) is 1.83. The van der Waals surface area contributed by atoms with Gasteiger partial charge in [0.25, 0.3) is 0 Å². The Labute approximate surface area is 115 Å². The Morgan fingerprint density at radius 3 is 2.37 bits per heavy atom. The molecule has 3 rings (SSSR count). The van der Waals surface area contributed by atoms with Crippen molar-refractivity contribution in [3.05, 3.63) is 76.9 Å². The van der Waals surface area contributed by atoms with Crippen molar-refractivity contribution in [3.63, 3.8) is 0 Å². The van der Waals surface area contributed by atoms with Crippen LogP contribution in [0.1, 0.15) is 36.1 Å². The highest BCUT2D eigenvalue weighted by atomic mass is 14.4. The summed E-state index contributed by atoms with van der Waals surface area (Å²) in [5.74, 6) is 0.505. The summed E-state index contributed by atoms with van der Waals surface area (Å²) < 4.78 is 0. The Hall–Kier alpha value is -1.82. The smallest absolute Gasteiger partial charge is 0.0240 e. The first-order valence-electron chi connectivity index (χ1n) is 6.97. The van der Waals surface area contributed by atoms with Crippen LogP contribution in [0.25, 0.3) is 6.08 Å². The Kier molecular flexibility index (Phi) is 2.82. The maximum atomic E-state index is 2.37. The van der Waals surface area contributed by atoms with E-state index in [4.69, 9.17) is 0 Å². The quantitative estimate of drug-likeness (QED) is 0.669. The first-order chi connectivity index (χ1) is 9.12. The molecule has 0 aromatic heterocycles. The van der Waals surface area contributed by atoms with Crippen LogP contribution < -0.4 is 0 Å². The predicted octanol–water partition coefficient (Wildman–Crippen LogP) is 4.96. The van der Waals surface area contributed by atoms with Crippen molar-refractivity contribution in [2.75, 3.05) is 0 Å². The van der Waals surface area contributed by atoms with Crippen LogP contribution in [0.15, 0.2) is 54.6 Å². The highest BCUT2D eigenvalue weighted by molar-refractivity contribution is 5.62. The van der Waals surface area contributed by atoms with Crippen molar-refractivity contribution in [2.24, 2.45) is 5.92 Å². The summed E-state index contributed by atoms with van der Waals surface area (Å²) in [5, 5.41) is 0. The van der Waals surface area contributed by atoms with Crippen LogP contribution in [-0.4, -0.2) is 0 Å². The summed E-state index contributed by atoms with van der Waals surface area (Å²) in [6, 6.07) is 17.7. The van der Waals surface area contributed by atoms with Gasteiger partial charge >= 0.3 is 0 Å². The normalized spacial score (nSPS) is 25.1. The molecule has 0 amide bonds. The number of rotatable bonds is 1. The zero-order valence-corrected chi connectivity index (χ0v) is 11.9. The summed E-state index contributed by atoms with van der Waals surface area (Å²) in [7, 11) is 0. The average Bonchev–Trinajstić information content (AvgIpc) is 2.44. The van der Waals surface area contributed by atoms with E-state index in [9.17, 15) is 0 Å². The number of allylic oxidation sites excluding steroid dienone is 1. The van der Waals surface area contributed by atoms with Crippen LogP contribution in [0.2, 0.25) is 0 Å². The van der Waals surface area contributed by atoms with Crippen molar-refractivity contribution < 1.29 is 0 Å². The highest BCUT2D eigenvalue weighted by Gasteiger charge is 2.36. The third-order valence-electron chi connectivity index (χ3n) is 4.65. The Morgan fingerprint density at radius 1 is 0.947 bits per heavy atom. The van der Waals surface area contributed by atoms with E-state index in [0.29, 0.717) is 5.92 Å². The lowest BCUT2D eigenvalue weighted by Crippen LogP contribution is -2.33. The summed E-state index contributed by atoms with van der Waals surface area (Å²) in [6.07, 6.45) is 4.60. The van der Waals surface area contributed by atoms with Gasteiger partial charge in [0.1, 0.15) is 0 Å². The molecule has 0 aliphatic heterocycles. The molecule has 2 aromatic carbocycles. The molecule has 0 saturated heterocycles. The van der Waals surface area contributed by atoms with E-state index in [0.717, 1.165) is 0 Å². The topological polar surface area (TPSA) is 0 Å². The van der Waals surface area contributed by atoms with Gasteiger partial charge in [-0.15, -0.1) is 0 Å². The van der Waals surface area contributed by atoms with Gasteiger partial charge in [-0.1, -0.05) is 80.1 Å². The molecule has 0 heteroatoms. The fraction of sp³-hybridized carbons (Fsp3) is 0.263. The van der Waals surface area contributed by atoms with Gasteiger partial charge in [-0.3, -0.25) is 0 Å². The molecule has 2 atom stereocenters. The van der Waals surface area contributed by atoms with Crippen molar-refractivity contribution in [2.45, 2.75) is 26.2 Å². The van der Waals surface area contributed by atoms with E-state index >= 15 is 0 Å². The van der Waals surface area contributed by atoms with E-state index in [1.54, 1.807) is 0 Å². The summed E-state index contributed by atoms with van der Waals surface area (Å²) in [6.45, 7) is 6.82. The summed E-state index contributed by atoms with van der Waals surface area (Å²) in [5.41, 5.74) is 5.58. The number of aryl methyl sites for hydroxylation is 1. The molecule has 2 aromatic rings. The molecular formula is C19H20. The van der Waals surface area contributed by atoms with Crippen molar-refractivity contribution in [3.8, 4) is 0 Å². The minimum atomic E-state index is 0.0685. The second-order valence-electron chi connectivity index (χ2n) is 5.80. The molecule has 0 nitrogen and oxygen atoms in total. The average molecular weight is 248 g/mol. The van der Waals surface area contributed by atoms with Gasteiger partial charge in [-0.2, -0.15) is 0 Å². The van der Waals surface area contributed by atoms with Crippen molar-refractivity contribution >= 4 is 6.08 Å². The third-order valence-corrected chi connectivity index (χ3v) is 4.65. The van der Waals surface area contributed by atoms with Gasteiger partial charge in [-0.25, -0.2) is 0 Å². The maximum absolute atomic E-state index is 2.37. The molecule has 0 fully saturated rings. The zero-order chi connectivity index (χ0) is 13.5. The fourth-order valence-corrected chi connectivity index (χ4v) is 3.12. The minimum absolute atomic E-state index is 0.0685. The van der Waals surface area contributed by atoms with Crippen LogP contribution >= 0.6 is 0 Å². The van der Waals surface area contributed by atoms with E-state index in [1.165, 1.54) is 22.3 Å².